The van der Waals surface area contributed by atoms with Crippen molar-refractivity contribution in [2.45, 2.75) is 12.8 Å². The second-order valence-corrected chi connectivity index (χ2v) is 6.49. The van der Waals surface area contributed by atoms with Crippen LogP contribution < -0.4 is 11.1 Å². The third-order valence-corrected chi connectivity index (χ3v) is 4.53. The lowest BCUT2D eigenvalue weighted by Gasteiger charge is -2.31. The predicted octanol–water partition coefficient (Wildman–Crippen LogP) is 1.33. The summed E-state index contributed by atoms with van der Waals surface area (Å²) in [7, 11) is 0. The van der Waals surface area contributed by atoms with Gasteiger partial charge in [-0.2, -0.15) is 0 Å². The lowest BCUT2D eigenvalue weighted by molar-refractivity contribution is -0.126. The van der Waals surface area contributed by atoms with Crippen LogP contribution in [-0.2, 0) is 4.79 Å². The van der Waals surface area contributed by atoms with Gasteiger partial charge in [-0.25, -0.2) is 0 Å². The van der Waals surface area contributed by atoms with E-state index in [0.717, 1.165) is 12.8 Å². The molecule has 0 radical (unpaired) electrons. The van der Waals surface area contributed by atoms with Gasteiger partial charge in [-0.15, -0.1) is 11.3 Å². The number of amides is 2. The number of nitrogens with two attached hydrogens (primary N) is 1. The molecular formula is C13H18ClN3O2S. The van der Waals surface area contributed by atoms with Crippen LogP contribution in [0.5, 0.6) is 0 Å². The number of piperidine rings is 1. The van der Waals surface area contributed by atoms with Gasteiger partial charge in [0.15, 0.2) is 0 Å². The quantitative estimate of drug-likeness (QED) is 0.880. The highest BCUT2D eigenvalue weighted by Crippen LogP contribution is 2.25. The maximum atomic E-state index is 12.3. The molecule has 110 valence electrons. The van der Waals surface area contributed by atoms with E-state index < -0.39 is 0 Å². The molecule has 0 spiro atoms. The van der Waals surface area contributed by atoms with Gasteiger partial charge in [0.25, 0.3) is 5.91 Å². The Hall–Kier alpha value is -1.11. The van der Waals surface area contributed by atoms with E-state index in [0.29, 0.717) is 35.4 Å². The second kappa shape index (κ2) is 7.06. The Bertz CT molecular complexity index is 492. The van der Waals surface area contributed by atoms with Crippen molar-refractivity contribution >= 4 is 34.8 Å². The molecule has 1 aliphatic heterocycles. The molecule has 1 aromatic heterocycles. The Labute approximate surface area is 127 Å². The van der Waals surface area contributed by atoms with E-state index in [4.69, 9.17) is 17.3 Å². The van der Waals surface area contributed by atoms with Crippen LogP contribution in [0.2, 0.25) is 4.34 Å². The molecule has 0 bridgehead atoms. The molecule has 0 aromatic carbocycles. The van der Waals surface area contributed by atoms with Crippen LogP contribution in [0, 0.1) is 5.92 Å². The van der Waals surface area contributed by atoms with Crippen molar-refractivity contribution in [2.75, 3.05) is 26.2 Å². The third-order valence-electron chi connectivity index (χ3n) is 3.31. The third kappa shape index (κ3) is 3.71. The molecule has 1 atom stereocenters. The topological polar surface area (TPSA) is 75.4 Å². The summed E-state index contributed by atoms with van der Waals surface area (Å²) in [6.07, 6.45) is 1.65. The highest BCUT2D eigenvalue weighted by molar-refractivity contribution is 7.17. The van der Waals surface area contributed by atoms with Gasteiger partial charge in [-0.1, -0.05) is 11.6 Å². The molecule has 20 heavy (non-hydrogen) atoms. The number of rotatable bonds is 4. The molecule has 1 fully saturated rings. The first kappa shape index (κ1) is 15.3. The maximum absolute atomic E-state index is 12.3. The highest BCUT2D eigenvalue weighted by Gasteiger charge is 2.29. The lowest BCUT2D eigenvalue weighted by Crippen LogP contribution is -2.46. The minimum Gasteiger partial charge on any atom is -0.355 e. The number of likely N-dealkylation sites (tertiary alicyclic amines) is 1. The van der Waals surface area contributed by atoms with Crippen molar-refractivity contribution in [3.05, 3.63) is 21.3 Å². The molecule has 0 saturated carbocycles. The van der Waals surface area contributed by atoms with Gasteiger partial charge < -0.3 is 16.0 Å². The number of nitrogens with one attached hydrogen (secondary N) is 1. The van der Waals surface area contributed by atoms with E-state index in [1.807, 2.05) is 0 Å². The van der Waals surface area contributed by atoms with E-state index in [-0.39, 0.29) is 17.7 Å². The molecular weight excluding hydrogens is 298 g/mol. The molecule has 2 amide bonds. The number of thiophene rings is 1. The number of halogens is 1. The van der Waals surface area contributed by atoms with Crippen molar-refractivity contribution in [3.8, 4) is 0 Å². The fraction of sp³-hybridized carbons (Fsp3) is 0.538. The van der Waals surface area contributed by atoms with Gasteiger partial charge in [0.05, 0.1) is 15.1 Å². The van der Waals surface area contributed by atoms with E-state index >= 15 is 0 Å². The molecule has 1 aromatic rings. The summed E-state index contributed by atoms with van der Waals surface area (Å²) in [5, 5.41) is 2.78. The normalized spacial score (nSPS) is 18.9. The zero-order valence-electron chi connectivity index (χ0n) is 11.1. The molecule has 1 saturated heterocycles. The standard InChI is InChI=1S/C13H18ClN3O2S/c14-11-4-3-10(20-11)13(19)17-7-1-2-9(8-17)12(18)16-6-5-15/h3-4,9H,1-2,5-8,15H2,(H,16,18). The molecule has 7 heteroatoms. The summed E-state index contributed by atoms with van der Waals surface area (Å²) in [5.74, 6) is -0.204. The Morgan fingerprint density at radius 2 is 2.30 bits per heavy atom. The Kier molecular flexibility index (Phi) is 5.39. The second-order valence-electron chi connectivity index (χ2n) is 4.77. The molecule has 2 heterocycles. The van der Waals surface area contributed by atoms with E-state index in [1.165, 1.54) is 11.3 Å². The first-order valence-corrected chi connectivity index (χ1v) is 7.83. The predicted molar refractivity (Wildman–Crippen MR) is 80.0 cm³/mol. The Morgan fingerprint density at radius 3 is 2.95 bits per heavy atom. The van der Waals surface area contributed by atoms with Crippen LogP contribution in [0.25, 0.3) is 0 Å². The summed E-state index contributed by atoms with van der Waals surface area (Å²) in [4.78, 5) is 26.6. The number of carbonyl (C=O) groups is 2. The van der Waals surface area contributed by atoms with Crippen molar-refractivity contribution in [3.63, 3.8) is 0 Å². The Morgan fingerprint density at radius 1 is 1.50 bits per heavy atom. The maximum Gasteiger partial charge on any atom is 0.263 e. The van der Waals surface area contributed by atoms with Crippen LogP contribution in [-0.4, -0.2) is 42.9 Å². The first-order valence-electron chi connectivity index (χ1n) is 6.64. The molecule has 0 aliphatic carbocycles. The zero-order chi connectivity index (χ0) is 14.5. The molecule has 1 aliphatic rings. The first-order chi connectivity index (χ1) is 9.61. The van der Waals surface area contributed by atoms with Gasteiger partial charge in [0.2, 0.25) is 5.91 Å². The average molecular weight is 316 g/mol. The zero-order valence-corrected chi connectivity index (χ0v) is 12.7. The van der Waals surface area contributed by atoms with Crippen LogP contribution in [0.1, 0.15) is 22.5 Å². The summed E-state index contributed by atoms with van der Waals surface area (Å²) in [6.45, 7) is 2.05. The summed E-state index contributed by atoms with van der Waals surface area (Å²) >= 11 is 7.12. The minimum atomic E-state index is -0.144. The summed E-state index contributed by atoms with van der Waals surface area (Å²) < 4.78 is 0.600. The number of hydrogen-bond acceptors (Lipinski definition) is 4. The number of hydrogen-bond donors (Lipinski definition) is 2. The van der Waals surface area contributed by atoms with Crippen LogP contribution in [0.15, 0.2) is 12.1 Å². The van der Waals surface area contributed by atoms with E-state index in [2.05, 4.69) is 5.32 Å². The average Bonchev–Trinajstić information content (AvgIpc) is 2.90. The van der Waals surface area contributed by atoms with E-state index in [1.54, 1.807) is 17.0 Å². The van der Waals surface area contributed by atoms with Crippen molar-refractivity contribution in [2.24, 2.45) is 11.7 Å². The highest BCUT2D eigenvalue weighted by atomic mass is 35.5. The van der Waals surface area contributed by atoms with Crippen molar-refractivity contribution < 1.29 is 9.59 Å². The molecule has 1 unspecified atom stereocenters. The summed E-state index contributed by atoms with van der Waals surface area (Å²) in [5.41, 5.74) is 5.37. The fourth-order valence-corrected chi connectivity index (χ4v) is 3.31. The van der Waals surface area contributed by atoms with Crippen LogP contribution in [0.3, 0.4) is 0 Å². The summed E-state index contributed by atoms with van der Waals surface area (Å²) in [6, 6.07) is 3.45. The fourth-order valence-electron chi connectivity index (χ4n) is 2.30. The monoisotopic (exact) mass is 315 g/mol. The van der Waals surface area contributed by atoms with Crippen molar-refractivity contribution in [1.29, 1.82) is 0 Å². The van der Waals surface area contributed by atoms with Gasteiger partial charge in [0.1, 0.15) is 0 Å². The smallest absolute Gasteiger partial charge is 0.263 e. The molecule has 2 rings (SSSR count). The van der Waals surface area contributed by atoms with Crippen LogP contribution >= 0.6 is 22.9 Å². The molecule has 3 N–H and O–H groups in total. The molecule has 5 nitrogen and oxygen atoms in total. The SMILES string of the molecule is NCCNC(=O)C1CCCN(C(=O)c2ccc(Cl)s2)C1. The largest absolute Gasteiger partial charge is 0.355 e. The van der Waals surface area contributed by atoms with Gasteiger partial charge in [-0.3, -0.25) is 9.59 Å². The minimum absolute atomic E-state index is 0.0165. The van der Waals surface area contributed by atoms with Gasteiger partial charge in [-0.05, 0) is 25.0 Å². The number of nitrogens with zero attached hydrogens (tertiary/aromatic N) is 1. The van der Waals surface area contributed by atoms with Gasteiger partial charge >= 0.3 is 0 Å². The van der Waals surface area contributed by atoms with Crippen LogP contribution in [0.4, 0.5) is 0 Å². The van der Waals surface area contributed by atoms with E-state index in [9.17, 15) is 9.59 Å². The van der Waals surface area contributed by atoms with Crippen molar-refractivity contribution in [1.82, 2.24) is 10.2 Å². The number of carbonyl (C=O) groups excluding carboxylic acids is 2. The Balaban J connectivity index is 1.96. The van der Waals surface area contributed by atoms with Gasteiger partial charge in [0, 0.05) is 26.2 Å². The lowest BCUT2D eigenvalue weighted by atomic mass is 9.97.